The maximum absolute atomic E-state index is 10.8. The first-order chi connectivity index (χ1) is 7.59. The van der Waals surface area contributed by atoms with Gasteiger partial charge in [-0.2, -0.15) is 0 Å². The van der Waals surface area contributed by atoms with Crippen LogP contribution in [0.25, 0.3) is 5.57 Å². The monoisotopic (exact) mass is 217 g/mol. The second-order valence-corrected chi connectivity index (χ2v) is 4.13. The van der Waals surface area contributed by atoms with Crippen LogP contribution in [0.15, 0.2) is 29.8 Å². The van der Waals surface area contributed by atoms with Gasteiger partial charge in [0.05, 0.1) is 6.42 Å². The third-order valence-electron chi connectivity index (χ3n) is 3.05. The molecule has 1 aromatic carbocycles. The summed E-state index contributed by atoms with van der Waals surface area (Å²) in [5.74, 6) is -0.776. The Morgan fingerprint density at radius 2 is 2.12 bits per heavy atom. The summed E-state index contributed by atoms with van der Waals surface area (Å²) in [6.45, 7) is 3.99. The molecule has 1 aliphatic heterocycles. The highest BCUT2D eigenvalue weighted by atomic mass is 16.4. The molecule has 0 bridgehead atoms. The Morgan fingerprint density at radius 1 is 1.44 bits per heavy atom. The van der Waals surface area contributed by atoms with E-state index in [1.165, 1.54) is 0 Å². The van der Waals surface area contributed by atoms with Gasteiger partial charge in [-0.05, 0) is 31.1 Å². The van der Waals surface area contributed by atoms with Gasteiger partial charge in [-0.1, -0.05) is 18.2 Å². The molecule has 0 saturated carbocycles. The van der Waals surface area contributed by atoms with Crippen LogP contribution in [-0.4, -0.2) is 17.1 Å². The number of hydrogen-bond donors (Lipinski definition) is 2. The van der Waals surface area contributed by atoms with Crippen molar-refractivity contribution in [3.63, 3.8) is 0 Å². The minimum absolute atomic E-state index is 0.0889. The van der Waals surface area contributed by atoms with Crippen molar-refractivity contribution in [3.8, 4) is 0 Å². The lowest BCUT2D eigenvalue weighted by Crippen LogP contribution is -2.25. The van der Waals surface area contributed by atoms with Crippen LogP contribution in [0.3, 0.4) is 0 Å². The van der Waals surface area contributed by atoms with Gasteiger partial charge in [0.15, 0.2) is 0 Å². The number of allylic oxidation sites excluding steroid dienone is 1. The van der Waals surface area contributed by atoms with Gasteiger partial charge < -0.3 is 10.4 Å². The van der Waals surface area contributed by atoms with Crippen LogP contribution < -0.4 is 5.32 Å². The number of hydrogen-bond acceptors (Lipinski definition) is 2. The standard InChI is InChI=1S/C13H15NO2/c1-8-10-5-3-4-6-12(10)14-9(2)11(8)7-13(15)16/h3-6,9,14H,7H2,1-2H3,(H,15,16). The molecule has 0 amide bonds. The number of anilines is 1. The minimum Gasteiger partial charge on any atom is -0.481 e. The molecule has 0 fully saturated rings. The summed E-state index contributed by atoms with van der Waals surface area (Å²) in [7, 11) is 0. The Kier molecular flexibility index (Phi) is 2.69. The third-order valence-corrected chi connectivity index (χ3v) is 3.05. The smallest absolute Gasteiger partial charge is 0.307 e. The van der Waals surface area contributed by atoms with Gasteiger partial charge in [0.1, 0.15) is 0 Å². The summed E-state index contributed by atoms with van der Waals surface area (Å²) < 4.78 is 0. The lowest BCUT2D eigenvalue weighted by molar-refractivity contribution is -0.136. The van der Waals surface area contributed by atoms with Gasteiger partial charge in [-0.25, -0.2) is 0 Å². The number of benzene rings is 1. The highest BCUT2D eigenvalue weighted by Gasteiger charge is 2.22. The molecule has 0 aromatic heterocycles. The molecule has 1 unspecified atom stereocenters. The first-order valence-electron chi connectivity index (χ1n) is 5.37. The quantitative estimate of drug-likeness (QED) is 0.800. The molecular formula is C13H15NO2. The maximum Gasteiger partial charge on any atom is 0.307 e. The van der Waals surface area contributed by atoms with Crippen LogP contribution in [0.5, 0.6) is 0 Å². The molecule has 0 saturated heterocycles. The van der Waals surface area contributed by atoms with Gasteiger partial charge in [0.2, 0.25) is 0 Å². The van der Waals surface area contributed by atoms with E-state index < -0.39 is 5.97 Å². The summed E-state index contributed by atoms with van der Waals surface area (Å²) in [6, 6.07) is 8.08. The first kappa shape index (κ1) is 10.7. The average Bonchev–Trinajstić information content (AvgIpc) is 2.24. The van der Waals surface area contributed by atoms with Crippen molar-refractivity contribution < 1.29 is 9.90 Å². The van der Waals surface area contributed by atoms with Crippen LogP contribution >= 0.6 is 0 Å². The minimum atomic E-state index is -0.776. The van der Waals surface area contributed by atoms with Gasteiger partial charge in [0, 0.05) is 17.3 Å². The molecule has 84 valence electrons. The van der Waals surface area contributed by atoms with Crippen LogP contribution in [0.4, 0.5) is 5.69 Å². The summed E-state index contributed by atoms with van der Waals surface area (Å²) in [4.78, 5) is 10.8. The Balaban J connectivity index is 2.47. The van der Waals surface area contributed by atoms with Gasteiger partial charge in [-0.3, -0.25) is 4.79 Å². The van der Waals surface area contributed by atoms with Crippen molar-refractivity contribution in [1.29, 1.82) is 0 Å². The van der Waals surface area contributed by atoms with Crippen molar-refractivity contribution >= 4 is 17.2 Å². The van der Waals surface area contributed by atoms with E-state index in [2.05, 4.69) is 5.32 Å². The fraction of sp³-hybridized carbons (Fsp3) is 0.308. The normalized spacial score (nSPS) is 19.0. The van der Waals surface area contributed by atoms with E-state index in [1.54, 1.807) is 0 Å². The number of carbonyl (C=O) groups is 1. The Morgan fingerprint density at radius 3 is 2.81 bits per heavy atom. The van der Waals surface area contributed by atoms with E-state index in [0.717, 1.165) is 22.4 Å². The van der Waals surface area contributed by atoms with E-state index >= 15 is 0 Å². The van der Waals surface area contributed by atoms with Crippen LogP contribution in [0, 0.1) is 0 Å². The molecule has 3 heteroatoms. The van der Waals surface area contributed by atoms with Gasteiger partial charge in [0.25, 0.3) is 0 Å². The largest absolute Gasteiger partial charge is 0.481 e. The zero-order chi connectivity index (χ0) is 11.7. The molecule has 1 aliphatic rings. The van der Waals surface area contributed by atoms with Gasteiger partial charge >= 0.3 is 5.97 Å². The highest BCUT2D eigenvalue weighted by Crippen LogP contribution is 2.34. The first-order valence-corrected chi connectivity index (χ1v) is 5.37. The van der Waals surface area contributed by atoms with Crippen LogP contribution in [0.1, 0.15) is 25.8 Å². The van der Waals surface area contributed by atoms with Crippen LogP contribution in [0.2, 0.25) is 0 Å². The van der Waals surface area contributed by atoms with Crippen LogP contribution in [-0.2, 0) is 4.79 Å². The lowest BCUT2D eigenvalue weighted by atomic mass is 9.89. The number of carboxylic acid groups (broad SMARTS) is 1. The summed E-state index contributed by atoms with van der Waals surface area (Å²) in [5.41, 5.74) is 4.24. The van der Waals surface area contributed by atoms with Crippen molar-refractivity contribution in [1.82, 2.24) is 0 Å². The molecule has 0 aliphatic carbocycles. The zero-order valence-corrected chi connectivity index (χ0v) is 9.45. The van der Waals surface area contributed by atoms with E-state index in [-0.39, 0.29) is 12.5 Å². The zero-order valence-electron chi connectivity index (χ0n) is 9.45. The van der Waals surface area contributed by atoms with E-state index in [0.29, 0.717) is 0 Å². The number of nitrogens with one attached hydrogen (secondary N) is 1. The number of para-hydroxylation sites is 1. The molecule has 2 N–H and O–H groups in total. The molecule has 1 atom stereocenters. The molecule has 1 aromatic rings. The Labute approximate surface area is 94.8 Å². The van der Waals surface area contributed by atoms with Crippen molar-refractivity contribution in [2.24, 2.45) is 0 Å². The SMILES string of the molecule is CC1=C(CC(=O)O)C(C)Nc2ccccc21. The number of aliphatic carboxylic acids is 1. The molecule has 3 nitrogen and oxygen atoms in total. The Bertz CT molecular complexity index is 463. The molecular weight excluding hydrogens is 202 g/mol. The number of rotatable bonds is 2. The maximum atomic E-state index is 10.8. The highest BCUT2D eigenvalue weighted by molar-refractivity contribution is 5.85. The molecule has 16 heavy (non-hydrogen) atoms. The summed E-state index contributed by atoms with van der Waals surface area (Å²) >= 11 is 0. The Hall–Kier alpha value is -1.77. The van der Waals surface area contributed by atoms with Crippen molar-refractivity contribution in [2.75, 3.05) is 5.32 Å². The van der Waals surface area contributed by atoms with E-state index in [1.807, 2.05) is 38.1 Å². The average molecular weight is 217 g/mol. The summed E-state index contributed by atoms with van der Waals surface area (Å²) in [5, 5.41) is 12.2. The fourth-order valence-electron chi connectivity index (χ4n) is 2.20. The molecule has 1 heterocycles. The number of carboxylic acids is 1. The molecule has 0 radical (unpaired) electrons. The second kappa shape index (κ2) is 4.00. The van der Waals surface area contributed by atoms with Crippen molar-refractivity contribution in [2.45, 2.75) is 26.3 Å². The van der Waals surface area contributed by atoms with E-state index in [9.17, 15) is 4.79 Å². The van der Waals surface area contributed by atoms with Gasteiger partial charge in [-0.15, -0.1) is 0 Å². The number of fused-ring (bicyclic) bond motifs is 1. The molecule has 0 spiro atoms. The van der Waals surface area contributed by atoms with Crippen molar-refractivity contribution in [3.05, 3.63) is 35.4 Å². The fourth-order valence-corrected chi connectivity index (χ4v) is 2.20. The second-order valence-electron chi connectivity index (χ2n) is 4.13. The van der Waals surface area contributed by atoms with E-state index in [4.69, 9.17) is 5.11 Å². The summed E-state index contributed by atoms with van der Waals surface area (Å²) in [6.07, 6.45) is 0.105. The predicted octanol–water partition coefficient (Wildman–Crippen LogP) is 2.75. The predicted molar refractivity (Wildman–Crippen MR) is 64.4 cm³/mol. The third kappa shape index (κ3) is 1.81. The topological polar surface area (TPSA) is 49.3 Å². The lowest BCUT2D eigenvalue weighted by Gasteiger charge is -2.28. The molecule has 2 rings (SSSR count).